The molecule has 0 radical (unpaired) electrons. The molecule has 22 heavy (non-hydrogen) atoms. The molecule has 120 valence electrons. The highest BCUT2D eigenvalue weighted by Crippen LogP contribution is 2.64. The van der Waals surface area contributed by atoms with Crippen LogP contribution in [0.1, 0.15) is 18.9 Å². The van der Waals surface area contributed by atoms with Gasteiger partial charge in [-0.25, -0.2) is 0 Å². The number of halogens is 2. The number of ether oxygens (including phenoxy) is 2. The maximum absolute atomic E-state index is 11.8. The van der Waals surface area contributed by atoms with Gasteiger partial charge in [0.1, 0.15) is 15.5 Å². The molecule has 7 heteroatoms. The minimum absolute atomic E-state index is 0.319. The fourth-order valence-corrected chi connectivity index (χ4v) is 2.63. The van der Waals surface area contributed by atoms with E-state index in [9.17, 15) is 9.59 Å². The first-order valence-corrected chi connectivity index (χ1v) is 7.49. The first kappa shape index (κ1) is 16.9. The summed E-state index contributed by atoms with van der Waals surface area (Å²) in [5.41, 5.74) is -0.0443. The fraction of sp³-hybridized carbons (Fsp3) is 0.467. The molecule has 0 bridgehead atoms. The third-order valence-corrected chi connectivity index (χ3v) is 4.77. The van der Waals surface area contributed by atoms with Crippen LogP contribution in [0.5, 0.6) is 5.75 Å². The first-order chi connectivity index (χ1) is 10.3. The zero-order chi connectivity index (χ0) is 16.4. The average molecular weight is 346 g/mol. The van der Waals surface area contributed by atoms with E-state index in [1.54, 1.807) is 14.0 Å². The van der Waals surface area contributed by atoms with Crippen LogP contribution >= 0.6 is 23.2 Å². The molecule has 1 amide bonds. The summed E-state index contributed by atoms with van der Waals surface area (Å²) in [5, 5.41) is 2.66. The molecule has 2 rings (SSSR count). The smallest absolute Gasteiger partial charge is 0.315 e. The van der Waals surface area contributed by atoms with Crippen molar-refractivity contribution < 1.29 is 19.1 Å². The molecule has 5 nitrogen and oxygen atoms in total. The Kier molecular flexibility index (Phi) is 4.87. The number of esters is 1. The van der Waals surface area contributed by atoms with Crippen molar-refractivity contribution in [2.75, 3.05) is 13.7 Å². The first-order valence-electron chi connectivity index (χ1n) is 6.73. The number of hydrogen-bond donors (Lipinski definition) is 1. The Labute approximate surface area is 138 Å². The van der Waals surface area contributed by atoms with E-state index in [4.69, 9.17) is 32.7 Å². The van der Waals surface area contributed by atoms with Crippen LogP contribution in [0, 0.1) is 5.41 Å². The summed E-state index contributed by atoms with van der Waals surface area (Å²) in [6, 6.07) is 7.31. The Morgan fingerprint density at radius 2 is 2.05 bits per heavy atom. The molecule has 1 fully saturated rings. The van der Waals surface area contributed by atoms with Crippen LogP contribution in [0.3, 0.4) is 0 Å². The standard InChI is InChI=1S/C15H17Cl2NO4/c1-14(9-15(14,16)17)13(20)22-8-12(19)18-7-10-4-3-5-11(6-10)21-2/h3-6H,7-9H2,1-2H3,(H,18,19). The minimum Gasteiger partial charge on any atom is -0.497 e. The van der Waals surface area contributed by atoms with E-state index >= 15 is 0 Å². The van der Waals surface area contributed by atoms with Gasteiger partial charge < -0.3 is 14.8 Å². The lowest BCUT2D eigenvalue weighted by molar-refractivity contribution is -0.153. The molecule has 1 aliphatic carbocycles. The molecule has 0 saturated heterocycles. The maximum Gasteiger partial charge on any atom is 0.315 e. The monoisotopic (exact) mass is 345 g/mol. The van der Waals surface area contributed by atoms with Crippen molar-refractivity contribution in [3.8, 4) is 5.75 Å². The highest BCUT2D eigenvalue weighted by atomic mass is 35.5. The number of nitrogens with one attached hydrogen (secondary N) is 1. The molecule has 1 atom stereocenters. The summed E-state index contributed by atoms with van der Waals surface area (Å²) < 4.78 is 8.96. The predicted molar refractivity (Wildman–Crippen MR) is 83.0 cm³/mol. The lowest BCUT2D eigenvalue weighted by Crippen LogP contribution is -2.31. The van der Waals surface area contributed by atoms with Crippen molar-refractivity contribution in [3.63, 3.8) is 0 Å². The number of alkyl halides is 2. The number of hydrogen-bond acceptors (Lipinski definition) is 4. The van der Waals surface area contributed by atoms with Crippen LogP contribution in [-0.4, -0.2) is 29.9 Å². The molecule has 1 aliphatic rings. The number of rotatable bonds is 6. The molecule has 0 aromatic heterocycles. The van der Waals surface area contributed by atoms with Crippen molar-refractivity contribution in [2.24, 2.45) is 5.41 Å². The van der Waals surface area contributed by atoms with E-state index in [1.165, 1.54) is 0 Å². The molecule has 0 heterocycles. The van der Waals surface area contributed by atoms with Gasteiger partial charge in [0.15, 0.2) is 6.61 Å². The van der Waals surface area contributed by atoms with Gasteiger partial charge in [-0.15, -0.1) is 23.2 Å². The predicted octanol–water partition coefficient (Wildman–Crippen LogP) is 2.44. The van der Waals surface area contributed by atoms with Crippen LogP contribution in [0.4, 0.5) is 0 Å². The van der Waals surface area contributed by atoms with Crippen LogP contribution in [0.25, 0.3) is 0 Å². The second kappa shape index (κ2) is 6.34. The van der Waals surface area contributed by atoms with Crippen LogP contribution in [0.2, 0.25) is 0 Å². The number of carbonyl (C=O) groups excluding carboxylic acids is 2. The van der Waals surface area contributed by atoms with Gasteiger partial charge in [-0.05, 0) is 24.6 Å². The average Bonchev–Trinajstić information content (AvgIpc) is 3.02. The van der Waals surface area contributed by atoms with Gasteiger partial charge in [-0.1, -0.05) is 12.1 Å². The number of carbonyl (C=O) groups is 2. The van der Waals surface area contributed by atoms with E-state index in [0.717, 1.165) is 5.56 Å². The third kappa shape index (κ3) is 3.65. The zero-order valence-corrected chi connectivity index (χ0v) is 13.8. The summed E-state index contributed by atoms with van der Waals surface area (Å²) in [6.07, 6.45) is 0.327. The number of amides is 1. The normalized spacial score (nSPS) is 21.8. The van der Waals surface area contributed by atoms with E-state index in [2.05, 4.69) is 5.32 Å². The molecular formula is C15H17Cl2NO4. The molecule has 0 aliphatic heterocycles. The molecule has 0 spiro atoms. The minimum atomic E-state index is -1.10. The molecule has 1 N–H and O–H groups in total. The van der Waals surface area contributed by atoms with E-state index < -0.39 is 21.6 Å². The fourth-order valence-electron chi connectivity index (χ4n) is 1.95. The molecule has 1 aromatic rings. The largest absolute Gasteiger partial charge is 0.497 e. The third-order valence-electron chi connectivity index (χ3n) is 3.67. The Morgan fingerprint density at radius 3 is 2.64 bits per heavy atom. The van der Waals surface area contributed by atoms with Crippen molar-refractivity contribution in [1.82, 2.24) is 5.32 Å². The van der Waals surface area contributed by atoms with Gasteiger partial charge in [0.2, 0.25) is 0 Å². The summed E-state index contributed by atoms with van der Waals surface area (Å²) in [4.78, 5) is 23.5. The van der Waals surface area contributed by atoms with E-state index in [1.807, 2.05) is 24.3 Å². The van der Waals surface area contributed by atoms with Crippen LogP contribution in [-0.2, 0) is 20.9 Å². The van der Waals surface area contributed by atoms with Crippen molar-refractivity contribution in [2.45, 2.75) is 24.2 Å². The van der Waals surface area contributed by atoms with Crippen LogP contribution in [0.15, 0.2) is 24.3 Å². The van der Waals surface area contributed by atoms with Gasteiger partial charge in [-0.2, -0.15) is 0 Å². The number of methoxy groups -OCH3 is 1. The van der Waals surface area contributed by atoms with Gasteiger partial charge in [-0.3, -0.25) is 9.59 Å². The Balaban J connectivity index is 1.75. The topological polar surface area (TPSA) is 64.6 Å². The van der Waals surface area contributed by atoms with E-state index in [-0.39, 0.29) is 6.61 Å². The second-order valence-electron chi connectivity index (χ2n) is 5.42. The summed E-state index contributed by atoms with van der Waals surface area (Å²) in [5.74, 6) is -0.246. The molecule has 1 aromatic carbocycles. The Bertz CT molecular complexity index is 591. The second-order valence-corrected chi connectivity index (χ2v) is 6.90. The molecule has 1 saturated carbocycles. The van der Waals surface area contributed by atoms with Gasteiger partial charge in [0.05, 0.1) is 7.11 Å². The lowest BCUT2D eigenvalue weighted by Gasteiger charge is -2.12. The summed E-state index contributed by atoms with van der Waals surface area (Å²) in [6.45, 7) is 1.57. The van der Waals surface area contributed by atoms with Crippen molar-refractivity contribution in [3.05, 3.63) is 29.8 Å². The Hall–Kier alpha value is -1.46. The van der Waals surface area contributed by atoms with Gasteiger partial charge in [0.25, 0.3) is 5.91 Å². The maximum atomic E-state index is 11.8. The SMILES string of the molecule is COc1cccc(CNC(=O)COC(=O)C2(C)CC2(Cl)Cl)c1. The highest BCUT2D eigenvalue weighted by Gasteiger charge is 2.69. The highest BCUT2D eigenvalue weighted by molar-refractivity contribution is 6.53. The van der Waals surface area contributed by atoms with E-state index in [0.29, 0.717) is 18.7 Å². The summed E-state index contributed by atoms with van der Waals surface area (Å²) >= 11 is 11.8. The number of benzene rings is 1. The zero-order valence-electron chi connectivity index (χ0n) is 12.3. The summed E-state index contributed by atoms with van der Waals surface area (Å²) in [7, 11) is 1.57. The van der Waals surface area contributed by atoms with Gasteiger partial charge >= 0.3 is 5.97 Å². The quantitative estimate of drug-likeness (QED) is 0.635. The lowest BCUT2D eigenvalue weighted by atomic mass is 10.1. The molecule has 1 unspecified atom stereocenters. The van der Waals surface area contributed by atoms with Gasteiger partial charge in [0, 0.05) is 13.0 Å². The van der Waals surface area contributed by atoms with Crippen LogP contribution < -0.4 is 10.1 Å². The van der Waals surface area contributed by atoms with Crippen molar-refractivity contribution in [1.29, 1.82) is 0 Å². The van der Waals surface area contributed by atoms with Crippen molar-refractivity contribution >= 4 is 35.1 Å². The molecular weight excluding hydrogens is 329 g/mol. The Morgan fingerprint density at radius 1 is 1.36 bits per heavy atom.